The number of esters is 2. The van der Waals surface area contributed by atoms with E-state index in [0.29, 0.717) is 17.4 Å². The third kappa shape index (κ3) is 60.7. The molecule has 0 aromatic carbocycles. The van der Waals surface area contributed by atoms with Gasteiger partial charge in [0.2, 0.25) is 0 Å². The number of carbonyl (C=O) groups is 3. The Morgan fingerprint density at radius 1 is 0.403 bits per heavy atom. The summed E-state index contributed by atoms with van der Waals surface area (Å²) in [6, 6.07) is 0. The SMILES string of the molecule is CC/C=C\C/C=C\C/C=C\C/C=C\CCCCCCCCCCCCCCCCCCCCCCCCCCCCC(=O)OC(COC(=O)CCCCCCCCCCCCCCC)COC(OCC[N+](C)(C)C)C(=O)[O-]. The lowest BCUT2D eigenvalue weighted by Crippen LogP contribution is -2.44. The second kappa shape index (κ2) is 59.4. The van der Waals surface area contributed by atoms with E-state index in [-0.39, 0.29) is 32.2 Å². The highest BCUT2D eigenvalue weighted by Crippen LogP contribution is 2.18. The number of carbonyl (C=O) groups excluding carboxylic acids is 3. The minimum atomic E-state index is -1.62. The first-order valence-corrected chi connectivity index (χ1v) is 32.8. The molecule has 0 bridgehead atoms. The van der Waals surface area contributed by atoms with Gasteiger partial charge < -0.3 is 33.3 Å². The molecule has 2 unspecified atom stereocenters. The molecular weight excluding hydrogens is 959 g/mol. The molecule has 0 saturated heterocycles. The number of hydrogen-bond acceptors (Lipinski definition) is 8. The van der Waals surface area contributed by atoms with Crippen LogP contribution >= 0.6 is 0 Å². The molecule has 0 N–H and O–H groups in total. The number of carboxylic acids is 1. The Morgan fingerprint density at radius 3 is 1.10 bits per heavy atom. The molecule has 0 saturated carbocycles. The Labute approximate surface area is 476 Å². The average molecular weight is 1080 g/mol. The number of ether oxygens (including phenoxy) is 4. The number of unbranched alkanes of at least 4 members (excludes halogenated alkanes) is 38. The van der Waals surface area contributed by atoms with Gasteiger partial charge in [0.1, 0.15) is 13.2 Å². The quantitative estimate of drug-likeness (QED) is 0.0195. The molecule has 0 aliphatic carbocycles. The van der Waals surface area contributed by atoms with Gasteiger partial charge in [-0.25, -0.2) is 0 Å². The van der Waals surface area contributed by atoms with Crippen molar-refractivity contribution in [2.45, 2.75) is 322 Å². The van der Waals surface area contributed by atoms with Gasteiger partial charge in [-0.05, 0) is 51.4 Å². The number of carboxylic acid groups (broad SMARTS) is 1. The first-order valence-electron chi connectivity index (χ1n) is 32.8. The molecule has 0 radical (unpaired) electrons. The molecule has 0 aromatic heterocycles. The van der Waals surface area contributed by atoms with Gasteiger partial charge in [0.05, 0.1) is 40.3 Å². The van der Waals surface area contributed by atoms with Gasteiger partial charge in [-0.1, -0.05) is 294 Å². The molecule has 9 nitrogen and oxygen atoms in total. The van der Waals surface area contributed by atoms with Gasteiger partial charge in [-0.3, -0.25) is 9.59 Å². The zero-order valence-electron chi connectivity index (χ0n) is 51.3. The van der Waals surface area contributed by atoms with E-state index in [9.17, 15) is 19.5 Å². The van der Waals surface area contributed by atoms with Crippen LogP contribution in [0.1, 0.15) is 309 Å². The van der Waals surface area contributed by atoms with Crippen LogP contribution in [0.2, 0.25) is 0 Å². The molecule has 0 aliphatic rings. The largest absolute Gasteiger partial charge is 0.545 e. The van der Waals surface area contributed by atoms with Crippen LogP contribution in [0.5, 0.6) is 0 Å². The number of aliphatic carboxylic acids is 1. The molecule has 77 heavy (non-hydrogen) atoms. The second-order valence-electron chi connectivity index (χ2n) is 23.4. The van der Waals surface area contributed by atoms with Crippen LogP contribution in [-0.2, 0) is 33.3 Å². The molecule has 0 spiro atoms. The molecule has 0 rings (SSSR count). The molecule has 0 fully saturated rings. The minimum Gasteiger partial charge on any atom is -0.545 e. The Balaban J connectivity index is 3.92. The van der Waals surface area contributed by atoms with Crippen LogP contribution in [0.25, 0.3) is 0 Å². The summed E-state index contributed by atoms with van der Waals surface area (Å²) in [6.45, 7) is 4.67. The van der Waals surface area contributed by atoms with Gasteiger partial charge in [0, 0.05) is 12.8 Å². The molecule has 9 heteroatoms. The van der Waals surface area contributed by atoms with Gasteiger partial charge in [-0.2, -0.15) is 0 Å². The van der Waals surface area contributed by atoms with Crippen molar-refractivity contribution in [3.63, 3.8) is 0 Å². The summed E-state index contributed by atoms with van der Waals surface area (Å²) in [5.41, 5.74) is 0. The topological polar surface area (TPSA) is 111 Å². The number of hydrogen-bond donors (Lipinski definition) is 0. The summed E-state index contributed by atoms with van der Waals surface area (Å²) in [7, 11) is 5.93. The smallest absolute Gasteiger partial charge is 0.306 e. The summed E-state index contributed by atoms with van der Waals surface area (Å²) in [5, 5.41) is 11.8. The van der Waals surface area contributed by atoms with E-state index in [4.69, 9.17) is 18.9 Å². The third-order valence-electron chi connectivity index (χ3n) is 14.6. The van der Waals surface area contributed by atoms with Crippen LogP contribution in [0.3, 0.4) is 0 Å². The van der Waals surface area contributed by atoms with Crippen molar-refractivity contribution in [1.82, 2.24) is 0 Å². The number of likely N-dealkylation sites (N-methyl/N-ethyl adjacent to an activating group) is 1. The monoisotopic (exact) mass is 1080 g/mol. The standard InChI is InChI=1S/C68H125NO8/c1-6-8-10-12-14-16-18-20-21-22-23-24-25-26-27-28-29-30-31-32-33-34-35-36-37-38-39-40-41-42-43-44-45-47-49-51-53-55-57-59-66(71)77-64(63-76-68(67(72)73)74-61-60-69(3,4)5)62-75-65(70)58-56-54-52-50-48-46-19-17-15-13-11-9-7-2/h8,10,14,16,20-21,23-24,64,68H,6-7,9,11-13,15,17-19,22,25-63H2,1-5H3/b10-8-,16-14-,21-20-,24-23-. The van der Waals surface area contributed by atoms with Gasteiger partial charge in [-0.15, -0.1) is 0 Å². The van der Waals surface area contributed by atoms with E-state index < -0.39 is 24.3 Å². The lowest BCUT2D eigenvalue weighted by Gasteiger charge is -2.26. The number of rotatable bonds is 61. The summed E-state index contributed by atoms with van der Waals surface area (Å²) in [5.74, 6) is -2.26. The van der Waals surface area contributed by atoms with E-state index in [1.165, 1.54) is 218 Å². The van der Waals surface area contributed by atoms with E-state index in [1.54, 1.807) is 0 Å². The van der Waals surface area contributed by atoms with Crippen molar-refractivity contribution < 1.29 is 42.9 Å². The fraction of sp³-hybridized carbons (Fsp3) is 0.838. The third-order valence-corrected chi connectivity index (χ3v) is 14.6. The van der Waals surface area contributed by atoms with Crippen molar-refractivity contribution in [2.24, 2.45) is 0 Å². The summed E-state index contributed by atoms with van der Waals surface area (Å²) >= 11 is 0. The average Bonchev–Trinajstić information content (AvgIpc) is 3.40. The zero-order chi connectivity index (χ0) is 56.2. The van der Waals surface area contributed by atoms with Crippen LogP contribution in [0.15, 0.2) is 48.6 Å². The highest BCUT2D eigenvalue weighted by molar-refractivity contribution is 5.70. The Bertz CT molecular complexity index is 1400. The van der Waals surface area contributed by atoms with Crippen LogP contribution in [-0.4, -0.2) is 82.3 Å². The van der Waals surface area contributed by atoms with Crippen molar-refractivity contribution in [3.05, 3.63) is 48.6 Å². The summed E-state index contributed by atoms with van der Waals surface area (Å²) in [4.78, 5) is 37.3. The fourth-order valence-corrected chi connectivity index (χ4v) is 9.59. The normalized spacial score (nSPS) is 13.0. The number of nitrogens with zero attached hydrogens (tertiary/aromatic N) is 1. The molecule has 0 heterocycles. The van der Waals surface area contributed by atoms with Gasteiger partial charge >= 0.3 is 11.9 Å². The second-order valence-corrected chi connectivity index (χ2v) is 23.4. The van der Waals surface area contributed by atoms with E-state index in [2.05, 4.69) is 62.5 Å². The van der Waals surface area contributed by atoms with Crippen LogP contribution in [0.4, 0.5) is 0 Å². The van der Waals surface area contributed by atoms with E-state index in [0.717, 1.165) is 64.2 Å². The molecular formula is C68H125NO8. The van der Waals surface area contributed by atoms with Crippen LogP contribution in [0, 0.1) is 0 Å². The summed E-state index contributed by atoms with van der Waals surface area (Å²) < 4.78 is 22.7. The maximum absolute atomic E-state index is 12.9. The molecule has 0 aromatic rings. The Kier molecular flexibility index (Phi) is 57.3. The number of quaternary nitrogens is 1. The Hall–Kier alpha value is -2.75. The predicted octanol–water partition coefficient (Wildman–Crippen LogP) is 18.5. The number of allylic oxidation sites excluding steroid dienone is 8. The molecule has 450 valence electrons. The van der Waals surface area contributed by atoms with Crippen molar-refractivity contribution in [3.8, 4) is 0 Å². The van der Waals surface area contributed by atoms with Crippen LogP contribution < -0.4 is 5.11 Å². The minimum absolute atomic E-state index is 0.151. The first-order chi connectivity index (χ1) is 37.6. The van der Waals surface area contributed by atoms with Gasteiger partial charge in [0.15, 0.2) is 12.4 Å². The van der Waals surface area contributed by atoms with Gasteiger partial charge in [0.25, 0.3) is 0 Å². The fourth-order valence-electron chi connectivity index (χ4n) is 9.59. The maximum atomic E-state index is 12.9. The first kappa shape index (κ1) is 74.2. The van der Waals surface area contributed by atoms with E-state index >= 15 is 0 Å². The Morgan fingerprint density at radius 2 is 0.740 bits per heavy atom. The highest BCUT2D eigenvalue weighted by atomic mass is 16.7. The lowest BCUT2D eigenvalue weighted by molar-refractivity contribution is -0.870. The van der Waals surface area contributed by atoms with Crippen molar-refractivity contribution in [1.29, 1.82) is 0 Å². The molecule has 0 amide bonds. The molecule has 2 atom stereocenters. The van der Waals surface area contributed by atoms with Crippen molar-refractivity contribution >= 4 is 17.9 Å². The molecule has 0 aliphatic heterocycles. The predicted molar refractivity (Wildman–Crippen MR) is 325 cm³/mol. The highest BCUT2D eigenvalue weighted by Gasteiger charge is 2.22. The van der Waals surface area contributed by atoms with E-state index in [1.807, 2.05) is 21.1 Å². The lowest BCUT2D eigenvalue weighted by atomic mass is 10.0. The zero-order valence-corrected chi connectivity index (χ0v) is 51.3. The maximum Gasteiger partial charge on any atom is 0.306 e. The summed E-state index contributed by atoms with van der Waals surface area (Å²) in [6.07, 6.45) is 72.1. The van der Waals surface area contributed by atoms with Crippen molar-refractivity contribution in [2.75, 3.05) is 47.5 Å².